The second-order valence-electron chi connectivity index (χ2n) is 9.47. The zero-order chi connectivity index (χ0) is 28.8. The maximum atomic E-state index is 14.0. The van der Waals surface area contributed by atoms with Gasteiger partial charge in [-0.15, -0.1) is 0 Å². The van der Waals surface area contributed by atoms with Crippen LogP contribution in [0, 0.1) is 0 Å². The SMILES string of the molecule is CCCN(C(=O)CC)[C@@](C=NN)(NS(=O)(=O)c1cc2ccccc2cc1C(=O)N(C)[C@H]1CCCNC1)C(=O)O. The first-order valence-corrected chi connectivity index (χ1v) is 14.3. The minimum Gasteiger partial charge on any atom is -0.478 e. The Hall–Kier alpha value is -3.55. The molecule has 0 aliphatic carbocycles. The van der Waals surface area contributed by atoms with Crippen molar-refractivity contribution in [1.29, 1.82) is 0 Å². The fraction of sp³-hybridized carbons (Fsp3) is 0.462. The quantitative estimate of drug-likeness (QED) is 0.138. The Morgan fingerprint density at radius 3 is 2.44 bits per heavy atom. The van der Waals surface area contributed by atoms with E-state index >= 15 is 0 Å². The molecule has 0 bridgehead atoms. The highest BCUT2D eigenvalue weighted by Gasteiger charge is 2.49. The summed E-state index contributed by atoms with van der Waals surface area (Å²) in [6.07, 6.45) is 2.54. The molecule has 12 nitrogen and oxygen atoms in total. The molecule has 2 amide bonds. The summed E-state index contributed by atoms with van der Waals surface area (Å²) < 4.78 is 30.2. The molecule has 0 saturated carbocycles. The van der Waals surface area contributed by atoms with E-state index in [-0.39, 0.29) is 24.6 Å². The average molecular weight is 561 g/mol. The third-order valence-corrected chi connectivity index (χ3v) is 8.36. The van der Waals surface area contributed by atoms with Crippen molar-refractivity contribution >= 4 is 44.8 Å². The number of piperidine rings is 1. The topological polar surface area (TPSA) is 174 Å². The lowest BCUT2D eigenvalue weighted by Gasteiger charge is -2.38. The normalized spacial score (nSPS) is 17.6. The third-order valence-electron chi connectivity index (χ3n) is 6.86. The number of benzene rings is 2. The third kappa shape index (κ3) is 6.21. The number of nitrogens with zero attached hydrogens (tertiary/aromatic N) is 3. The van der Waals surface area contributed by atoms with E-state index in [1.54, 1.807) is 38.2 Å². The first-order chi connectivity index (χ1) is 18.5. The molecule has 0 spiro atoms. The van der Waals surface area contributed by atoms with E-state index in [0.717, 1.165) is 24.3 Å². The number of likely N-dealkylation sites (N-methyl/N-ethyl adjacent to an activating group) is 1. The van der Waals surface area contributed by atoms with Crippen molar-refractivity contribution in [3.8, 4) is 0 Å². The van der Waals surface area contributed by atoms with Gasteiger partial charge in [0.2, 0.25) is 21.6 Å². The molecule has 1 aliphatic heterocycles. The fourth-order valence-electron chi connectivity index (χ4n) is 4.77. The van der Waals surface area contributed by atoms with E-state index in [0.29, 0.717) is 30.0 Å². The van der Waals surface area contributed by atoms with Crippen molar-refractivity contribution in [3.63, 3.8) is 0 Å². The number of rotatable bonds is 11. The molecule has 0 aromatic heterocycles. The number of fused-ring (bicyclic) bond motifs is 1. The Morgan fingerprint density at radius 1 is 1.23 bits per heavy atom. The lowest BCUT2D eigenvalue weighted by molar-refractivity contribution is -0.154. The molecule has 1 aliphatic rings. The number of carboxylic acids is 1. The van der Waals surface area contributed by atoms with Gasteiger partial charge in [-0.3, -0.25) is 9.59 Å². The molecule has 3 rings (SSSR count). The van der Waals surface area contributed by atoms with Crippen LogP contribution in [0.15, 0.2) is 46.4 Å². The number of nitrogens with one attached hydrogen (secondary N) is 2. The molecule has 2 aromatic carbocycles. The maximum absolute atomic E-state index is 14.0. The molecule has 2 atom stereocenters. The van der Waals surface area contributed by atoms with Crippen LogP contribution in [0.1, 0.15) is 49.9 Å². The minimum atomic E-state index is -4.76. The van der Waals surface area contributed by atoms with E-state index in [1.165, 1.54) is 24.0 Å². The van der Waals surface area contributed by atoms with Gasteiger partial charge < -0.3 is 26.1 Å². The van der Waals surface area contributed by atoms with Crippen LogP contribution < -0.4 is 15.9 Å². The standard InChI is InChI=1S/C26H36N6O6S/c1-4-13-32(23(33)5-2)26(17-29-27,25(35)36)30-39(37,38)22-15-19-10-7-6-9-18(19)14-21(22)24(34)31(3)20-11-8-12-28-16-20/h6-7,9-10,14-15,17,20,28,30H,4-5,8,11-13,16,27H2,1-3H3,(H,35,36)/t20-,26+/m0/s1. The van der Waals surface area contributed by atoms with Crippen molar-refractivity contribution < 1.29 is 27.9 Å². The predicted octanol–water partition coefficient (Wildman–Crippen LogP) is 1.32. The van der Waals surface area contributed by atoms with E-state index in [9.17, 15) is 27.9 Å². The molecule has 212 valence electrons. The molecule has 1 heterocycles. The molecule has 1 fully saturated rings. The smallest absolute Gasteiger partial charge is 0.351 e. The monoisotopic (exact) mass is 560 g/mol. The molecule has 0 radical (unpaired) electrons. The van der Waals surface area contributed by atoms with Gasteiger partial charge in [-0.05, 0) is 48.7 Å². The number of carboxylic acid groups (broad SMARTS) is 1. The van der Waals surface area contributed by atoms with Crippen molar-refractivity contribution in [2.75, 3.05) is 26.7 Å². The summed E-state index contributed by atoms with van der Waals surface area (Å²) in [4.78, 5) is 41.2. The number of hydrogen-bond acceptors (Lipinski definition) is 8. The molecule has 2 aromatic rings. The number of aliphatic carboxylic acids is 1. The Labute approximate surface area is 228 Å². The highest BCUT2D eigenvalue weighted by atomic mass is 32.2. The summed E-state index contributed by atoms with van der Waals surface area (Å²) in [6, 6.07) is 9.60. The lowest BCUT2D eigenvalue weighted by atomic mass is 10.0. The van der Waals surface area contributed by atoms with Crippen molar-refractivity contribution in [2.24, 2.45) is 10.9 Å². The van der Waals surface area contributed by atoms with Crippen LogP contribution >= 0.6 is 0 Å². The molecule has 39 heavy (non-hydrogen) atoms. The number of carbonyl (C=O) groups is 3. The molecule has 13 heteroatoms. The highest BCUT2D eigenvalue weighted by molar-refractivity contribution is 7.89. The van der Waals surface area contributed by atoms with Crippen LogP contribution in [0.25, 0.3) is 10.8 Å². The van der Waals surface area contributed by atoms with Crippen LogP contribution in [0.2, 0.25) is 0 Å². The zero-order valence-electron chi connectivity index (χ0n) is 22.4. The minimum absolute atomic E-state index is 0.0882. The van der Waals surface area contributed by atoms with Gasteiger partial charge in [-0.25, -0.2) is 13.2 Å². The first-order valence-electron chi connectivity index (χ1n) is 12.8. The number of amides is 2. The highest BCUT2D eigenvalue weighted by Crippen LogP contribution is 2.28. The van der Waals surface area contributed by atoms with Gasteiger partial charge >= 0.3 is 5.97 Å². The summed E-state index contributed by atoms with van der Waals surface area (Å²) in [6.45, 7) is 4.56. The summed E-state index contributed by atoms with van der Waals surface area (Å²) in [7, 11) is -3.14. The molecule has 0 unspecified atom stereocenters. The van der Waals surface area contributed by atoms with E-state index in [2.05, 4.69) is 15.1 Å². The van der Waals surface area contributed by atoms with Crippen LogP contribution in [0.5, 0.6) is 0 Å². The van der Waals surface area contributed by atoms with Crippen LogP contribution in [0.3, 0.4) is 0 Å². The molecular weight excluding hydrogens is 524 g/mol. The van der Waals surface area contributed by atoms with E-state index < -0.39 is 38.4 Å². The first kappa shape index (κ1) is 30.0. The van der Waals surface area contributed by atoms with Gasteiger partial charge in [0.1, 0.15) is 0 Å². The van der Waals surface area contributed by atoms with Crippen molar-refractivity contribution in [1.82, 2.24) is 19.8 Å². The summed E-state index contributed by atoms with van der Waals surface area (Å²) >= 11 is 0. The Bertz CT molecular complexity index is 1360. The van der Waals surface area contributed by atoms with Gasteiger partial charge in [0.15, 0.2) is 0 Å². The average Bonchev–Trinajstić information content (AvgIpc) is 2.94. The number of nitrogens with two attached hydrogens (primary N) is 1. The Balaban J connectivity index is 2.21. The van der Waals surface area contributed by atoms with Crippen LogP contribution in [-0.4, -0.2) is 85.7 Å². The predicted molar refractivity (Wildman–Crippen MR) is 148 cm³/mol. The van der Waals surface area contributed by atoms with Gasteiger partial charge in [0, 0.05) is 32.6 Å². The van der Waals surface area contributed by atoms with Gasteiger partial charge in [0.05, 0.1) is 16.7 Å². The number of carbonyl (C=O) groups excluding carboxylic acids is 2. The zero-order valence-corrected chi connectivity index (χ0v) is 23.2. The summed E-state index contributed by atoms with van der Waals surface area (Å²) in [5.74, 6) is 2.47. The maximum Gasteiger partial charge on any atom is 0.351 e. The van der Waals surface area contributed by atoms with Crippen molar-refractivity contribution in [2.45, 2.75) is 56.1 Å². The Morgan fingerprint density at radius 2 is 1.90 bits per heavy atom. The van der Waals surface area contributed by atoms with Gasteiger partial charge in [0.25, 0.3) is 5.91 Å². The van der Waals surface area contributed by atoms with E-state index in [1.807, 2.05) is 0 Å². The number of sulfonamides is 1. The molecule has 5 N–H and O–H groups in total. The largest absolute Gasteiger partial charge is 0.478 e. The second kappa shape index (κ2) is 12.5. The summed E-state index contributed by atoms with van der Waals surface area (Å²) in [5.41, 5.74) is -2.75. The van der Waals surface area contributed by atoms with Crippen LogP contribution in [-0.2, 0) is 19.6 Å². The fourth-order valence-corrected chi connectivity index (χ4v) is 6.26. The van der Waals surface area contributed by atoms with Gasteiger partial charge in [-0.1, -0.05) is 38.1 Å². The summed E-state index contributed by atoms with van der Waals surface area (Å²) in [5, 5.41) is 18.0. The molecule has 1 saturated heterocycles. The van der Waals surface area contributed by atoms with Crippen molar-refractivity contribution in [3.05, 3.63) is 42.0 Å². The van der Waals surface area contributed by atoms with Gasteiger partial charge in [-0.2, -0.15) is 9.82 Å². The molecular formula is C26H36N6O6S. The number of hydrogen-bond donors (Lipinski definition) is 4. The lowest BCUT2D eigenvalue weighted by Crippen LogP contribution is -2.68. The van der Waals surface area contributed by atoms with Crippen LogP contribution in [0.4, 0.5) is 0 Å². The Kier molecular flexibility index (Phi) is 9.64. The number of hydrazone groups is 1. The van der Waals surface area contributed by atoms with E-state index in [4.69, 9.17) is 5.84 Å². The second-order valence-corrected chi connectivity index (χ2v) is 11.1.